The summed E-state index contributed by atoms with van der Waals surface area (Å²) in [7, 11) is 3.13. The van der Waals surface area contributed by atoms with Crippen molar-refractivity contribution >= 4 is 0 Å². The van der Waals surface area contributed by atoms with Gasteiger partial charge in [-0.25, -0.2) is 0 Å². The fourth-order valence-corrected chi connectivity index (χ4v) is 1.89. The number of rotatable bonds is 2. The third kappa shape index (κ3) is 1.37. The summed E-state index contributed by atoms with van der Waals surface area (Å²) in [4.78, 5) is 0. The first-order chi connectivity index (χ1) is 6.27. The van der Waals surface area contributed by atoms with Crippen molar-refractivity contribution in [1.29, 1.82) is 0 Å². The lowest BCUT2D eigenvalue weighted by atomic mass is 10.1. The van der Waals surface area contributed by atoms with E-state index >= 15 is 0 Å². The van der Waals surface area contributed by atoms with Crippen molar-refractivity contribution in [2.75, 3.05) is 20.8 Å². The second-order valence-electron chi connectivity index (χ2n) is 3.27. The number of aliphatic hydroxyl groups excluding tert-OH is 1. The van der Waals surface area contributed by atoms with Gasteiger partial charge in [-0.05, 0) is 0 Å². The lowest BCUT2D eigenvalue weighted by Crippen LogP contribution is -2.34. The quantitative estimate of drug-likeness (QED) is 0.613. The molecule has 0 amide bonds. The molecule has 0 spiro atoms. The molecule has 2 fully saturated rings. The first-order valence-corrected chi connectivity index (χ1v) is 4.28. The molecule has 2 heterocycles. The SMILES string of the molecule is COC1O[C@@H]2[C@@H](OC[C@H]2O)[C@@H]1OC. The molecule has 2 saturated heterocycles. The molecule has 0 aromatic heterocycles. The Kier molecular flexibility index (Phi) is 2.53. The van der Waals surface area contributed by atoms with Gasteiger partial charge in [-0.3, -0.25) is 0 Å². The van der Waals surface area contributed by atoms with Crippen molar-refractivity contribution in [3.63, 3.8) is 0 Å². The van der Waals surface area contributed by atoms with Crippen LogP contribution in [0.3, 0.4) is 0 Å². The third-order valence-electron chi connectivity index (χ3n) is 2.55. The minimum Gasteiger partial charge on any atom is -0.388 e. The van der Waals surface area contributed by atoms with E-state index in [9.17, 15) is 5.11 Å². The van der Waals surface area contributed by atoms with Gasteiger partial charge in [0.1, 0.15) is 24.4 Å². The molecule has 0 radical (unpaired) electrons. The van der Waals surface area contributed by atoms with Gasteiger partial charge in [0, 0.05) is 14.2 Å². The normalized spacial score (nSPS) is 49.6. The van der Waals surface area contributed by atoms with Crippen LogP contribution in [0.4, 0.5) is 0 Å². The lowest BCUT2D eigenvalue weighted by Gasteiger charge is -2.18. The summed E-state index contributed by atoms with van der Waals surface area (Å²) in [5.41, 5.74) is 0. The highest BCUT2D eigenvalue weighted by molar-refractivity contribution is 4.96. The van der Waals surface area contributed by atoms with Crippen LogP contribution in [0.1, 0.15) is 0 Å². The first kappa shape index (κ1) is 9.36. The second-order valence-corrected chi connectivity index (χ2v) is 3.27. The van der Waals surface area contributed by atoms with Crippen molar-refractivity contribution in [2.24, 2.45) is 0 Å². The van der Waals surface area contributed by atoms with Crippen LogP contribution in [0.15, 0.2) is 0 Å². The minimum atomic E-state index is -0.567. The highest BCUT2D eigenvalue weighted by Gasteiger charge is 2.52. The van der Waals surface area contributed by atoms with Gasteiger partial charge in [0.2, 0.25) is 0 Å². The van der Waals surface area contributed by atoms with Gasteiger partial charge in [-0.15, -0.1) is 0 Å². The highest BCUT2D eigenvalue weighted by atomic mass is 16.7. The molecular formula is C8H14O5. The summed E-state index contributed by atoms with van der Waals surface area (Å²) in [6.07, 6.45) is -1.76. The second kappa shape index (κ2) is 3.51. The van der Waals surface area contributed by atoms with Crippen LogP contribution in [0.5, 0.6) is 0 Å². The summed E-state index contributed by atoms with van der Waals surface area (Å²) in [5, 5.41) is 9.46. The molecule has 0 bridgehead atoms. The number of ether oxygens (including phenoxy) is 4. The van der Waals surface area contributed by atoms with Gasteiger partial charge < -0.3 is 24.1 Å². The van der Waals surface area contributed by atoms with Crippen molar-refractivity contribution in [3.05, 3.63) is 0 Å². The molecule has 0 aromatic carbocycles. The lowest BCUT2D eigenvalue weighted by molar-refractivity contribution is -0.173. The number of hydrogen-bond acceptors (Lipinski definition) is 5. The van der Waals surface area contributed by atoms with Crippen LogP contribution in [0.25, 0.3) is 0 Å². The van der Waals surface area contributed by atoms with Crippen LogP contribution in [-0.4, -0.2) is 56.6 Å². The Balaban J connectivity index is 2.09. The number of methoxy groups -OCH3 is 2. The fourth-order valence-electron chi connectivity index (χ4n) is 1.89. The van der Waals surface area contributed by atoms with Gasteiger partial charge in [0.25, 0.3) is 0 Å². The van der Waals surface area contributed by atoms with Gasteiger partial charge >= 0.3 is 0 Å². The van der Waals surface area contributed by atoms with E-state index in [2.05, 4.69) is 0 Å². The molecule has 0 aliphatic carbocycles. The van der Waals surface area contributed by atoms with E-state index in [4.69, 9.17) is 18.9 Å². The largest absolute Gasteiger partial charge is 0.388 e. The monoisotopic (exact) mass is 190 g/mol. The van der Waals surface area contributed by atoms with E-state index in [-0.39, 0.29) is 18.3 Å². The highest BCUT2D eigenvalue weighted by Crippen LogP contribution is 2.32. The maximum absolute atomic E-state index is 9.46. The molecule has 5 nitrogen and oxygen atoms in total. The molecule has 1 N–H and O–H groups in total. The van der Waals surface area contributed by atoms with Crippen LogP contribution in [0, 0.1) is 0 Å². The van der Waals surface area contributed by atoms with Crippen LogP contribution in [-0.2, 0) is 18.9 Å². The summed E-state index contributed by atoms with van der Waals surface area (Å²) in [6, 6.07) is 0. The summed E-state index contributed by atoms with van der Waals surface area (Å²) < 4.78 is 21.0. The molecule has 1 unspecified atom stereocenters. The van der Waals surface area contributed by atoms with E-state index in [1.165, 1.54) is 0 Å². The summed E-state index contributed by atoms with van der Waals surface area (Å²) >= 11 is 0. The Morgan fingerprint density at radius 2 is 2.00 bits per heavy atom. The van der Waals surface area contributed by atoms with E-state index in [0.29, 0.717) is 6.61 Å². The first-order valence-electron chi connectivity index (χ1n) is 4.28. The Morgan fingerprint density at radius 3 is 2.62 bits per heavy atom. The van der Waals surface area contributed by atoms with E-state index in [1.807, 2.05) is 0 Å². The van der Waals surface area contributed by atoms with Gasteiger partial charge in [0.05, 0.1) is 6.61 Å². The van der Waals surface area contributed by atoms with Crippen molar-refractivity contribution in [3.8, 4) is 0 Å². The Labute approximate surface area is 76.5 Å². The summed E-state index contributed by atoms with van der Waals surface area (Å²) in [6.45, 7) is 0.311. The molecular weight excluding hydrogens is 176 g/mol. The molecule has 2 aliphatic heterocycles. The molecule has 2 rings (SSSR count). The number of aliphatic hydroxyl groups is 1. The molecule has 2 aliphatic rings. The van der Waals surface area contributed by atoms with E-state index in [1.54, 1.807) is 14.2 Å². The smallest absolute Gasteiger partial charge is 0.186 e. The number of fused-ring (bicyclic) bond motifs is 1. The van der Waals surface area contributed by atoms with Crippen LogP contribution < -0.4 is 0 Å². The van der Waals surface area contributed by atoms with Crippen molar-refractivity contribution < 1.29 is 24.1 Å². The fraction of sp³-hybridized carbons (Fsp3) is 1.00. The average Bonchev–Trinajstić information content (AvgIpc) is 2.65. The Hall–Kier alpha value is -0.200. The molecule has 5 heteroatoms. The van der Waals surface area contributed by atoms with E-state index < -0.39 is 12.4 Å². The zero-order valence-corrected chi connectivity index (χ0v) is 7.67. The molecule has 0 saturated carbocycles. The molecule has 13 heavy (non-hydrogen) atoms. The van der Waals surface area contributed by atoms with Crippen LogP contribution >= 0.6 is 0 Å². The molecule has 0 aromatic rings. The maximum Gasteiger partial charge on any atom is 0.186 e. The molecule has 76 valence electrons. The topological polar surface area (TPSA) is 57.2 Å². The predicted molar refractivity (Wildman–Crippen MR) is 42.2 cm³/mol. The van der Waals surface area contributed by atoms with Gasteiger partial charge in [-0.2, -0.15) is 0 Å². The standard InChI is InChI=1S/C8H14O5/c1-10-7-6-5(4(9)3-12-6)13-8(7)11-2/h4-9H,3H2,1-2H3/t4-,5+,6-,7+,8?/m1/s1. The number of hydrogen-bond donors (Lipinski definition) is 1. The van der Waals surface area contributed by atoms with Crippen LogP contribution in [0.2, 0.25) is 0 Å². The Morgan fingerprint density at radius 1 is 1.23 bits per heavy atom. The minimum absolute atomic E-state index is 0.204. The maximum atomic E-state index is 9.46. The molecule has 5 atom stereocenters. The third-order valence-corrected chi connectivity index (χ3v) is 2.55. The zero-order valence-electron chi connectivity index (χ0n) is 7.67. The van der Waals surface area contributed by atoms with Gasteiger partial charge in [-0.1, -0.05) is 0 Å². The average molecular weight is 190 g/mol. The zero-order chi connectivity index (χ0) is 9.42. The Bertz CT molecular complexity index is 185. The summed E-state index contributed by atoms with van der Waals surface area (Å²) in [5.74, 6) is 0. The predicted octanol–water partition coefficient (Wildman–Crippen LogP) is -0.868. The van der Waals surface area contributed by atoms with E-state index in [0.717, 1.165) is 0 Å². The van der Waals surface area contributed by atoms with Gasteiger partial charge in [0.15, 0.2) is 6.29 Å². The van der Waals surface area contributed by atoms with Crippen molar-refractivity contribution in [1.82, 2.24) is 0 Å². The van der Waals surface area contributed by atoms with Crippen molar-refractivity contribution in [2.45, 2.75) is 30.7 Å².